The summed E-state index contributed by atoms with van der Waals surface area (Å²) in [6, 6.07) is 9.60. The molecule has 2 N–H and O–H groups in total. The molecule has 0 spiro atoms. The van der Waals surface area contributed by atoms with Gasteiger partial charge in [-0.15, -0.1) is 0 Å². The lowest BCUT2D eigenvalue weighted by Gasteiger charge is -2.35. The largest absolute Gasteiger partial charge is 0.399 e. The van der Waals surface area contributed by atoms with E-state index in [1.54, 1.807) is 16.9 Å². The summed E-state index contributed by atoms with van der Waals surface area (Å²) in [4.78, 5) is 16.4. The average molecular weight is 285 g/mol. The van der Waals surface area contributed by atoms with E-state index in [0.29, 0.717) is 18.8 Å². The zero-order valence-corrected chi connectivity index (χ0v) is 12.1. The molecule has 0 atom stereocenters. The molecule has 0 bridgehead atoms. The average Bonchev–Trinajstić information content (AvgIpc) is 2.94. The molecule has 0 radical (unpaired) electrons. The number of nitrogens with two attached hydrogens (primary N) is 1. The number of nitrogens with zero attached hydrogens (tertiary/aromatic N) is 4. The summed E-state index contributed by atoms with van der Waals surface area (Å²) < 4.78 is 1.65. The zero-order valence-electron chi connectivity index (χ0n) is 12.1. The monoisotopic (exact) mass is 285 g/mol. The van der Waals surface area contributed by atoms with Gasteiger partial charge in [0.1, 0.15) is 5.69 Å². The van der Waals surface area contributed by atoms with E-state index in [1.807, 2.05) is 36.2 Å². The Morgan fingerprint density at radius 2 is 1.76 bits per heavy atom. The first kappa shape index (κ1) is 13.5. The van der Waals surface area contributed by atoms with E-state index in [2.05, 4.69) is 10.00 Å². The van der Waals surface area contributed by atoms with E-state index in [-0.39, 0.29) is 5.91 Å². The van der Waals surface area contributed by atoms with Gasteiger partial charge in [0.2, 0.25) is 0 Å². The lowest BCUT2D eigenvalue weighted by Crippen LogP contribution is -2.48. The highest BCUT2D eigenvalue weighted by Gasteiger charge is 2.23. The standard InChI is InChI=1S/C15H19N5O/c1-18-7-6-14(17-18)15(21)20-10-8-19(9-11-20)13-4-2-12(16)3-5-13/h2-7H,8-11,16H2,1H3. The Hall–Kier alpha value is -2.50. The number of hydrogen-bond acceptors (Lipinski definition) is 4. The minimum absolute atomic E-state index is 0.00700. The summed E-state index contributed by atoms with van der Waals surface area (Å²) in [6.07, 6.45) is 1.79. The Bertz CT molecular complexity index is 626. The smallest absolute Gasteiger partial charge is 0.274 e. The van der Waals surface area contributed by atoms with E-state index >= 15 is 0 Å². The molecule has 6 heteroatoms. The van der Waals surface area contributed by atoms with Crippen molar-refractivity contribution >= 4 is 17.3 Å². The van der Waals surface area contributed by atoms with Gasteiger partial charge in [0, 0.05) is 50.8 Å². The summed E-state index contributed by atoms with van der Waals surface area (Å²) in [7, 11) is 1.82. The molecule has 0 aliphatic carbocycles. The number of amides is 1. The van der Waals surface area contributed by atoms with Crippen LogP contribution in [0.3, 0.4) is 0 Å². The van der Waals surface area contributed by atoms with Crippen LogP contribution in [-0.4, -0.2) is 46.8 Å². The second kappa shape index (κ2) is 5.47. The van der Waals surface area contributed by atoms with Crippen molar-refractivity contribution in [3.05, 3.63) is 42.2 Å². The Morgan fingerprint density at radius 1 is 1.10 bits per heavy atom. The van der Waals surface area contributed by atoms with Crippen LogP contribution >= 0.6 is 0 Å². The highest BCUT2D eigenvalue weighted by Crippen LogP contribution is 2.18. The fourth-order valence-electron chi connectivity index (χ4n) is 2.54. The molecule has 6 nitrogen and oxygen atoms in total. The molecule has 1 aromatic heterocycles. The van der Waals surface area contributed by atoms with Gasteiger partial charge in [-0.2, -0.15) is 5.10 Å². The molecular formula is C15H19N5O. The van der Waals surface area contributed by atoms with Gasteiger partial charge in [-0.3, -0.25) is 9.48 Å². The maximum Gasteiger partial charge on any atom is 0.274 e. The highest BCUT2D eigenvalue weighted by atomic mass is 16.2. The third kappa shape index (κ3) is 2.84. The van der Waals surface area contributed by atoms with Gasteiger partial charge >= 0.3 is 0 Å². The van der Waals surface area contributed by atoms with Crippen molar-refractivity contribution in [2.75, 3.05) is 36.8 Å². The highest BCUT2D eigenvalue weighted by molar-refractivity contribution is 5.92. The molecule has 3 rings (SSSR count). The lowest BCUT2D eigenvalue weighted by atomic mass is 10.2. The van der Waals surface area contributed by atoms with E-state index in [4.69, 9.17) is 5.73 Å². The third-order valence-corrected chi connectivity index (χ3v) is 3.76. The van der Waals surface area contributed by atoms with Gasteiger partial charge in [0.15, 0.2) is 0 Å². The van der Waals surface area contributed by atoms with Crippen LogP contribution in [0.15, 0.2) is 36.5 Å². The summed E-state index contributed by atoms with van der Waals surface area (Å²) >= 11 is 0. The molecule has 1 amide bonds. The second-order valence-corrected chi connectivity index (χ2v) is 5.25. The molecule has 2 aromatic rings. The van der Waals surface area contributed by atoms with Gasteiger partial charge < -0.3 is 15.5 Å². The number of benzene rings is 1. The summed E-state index contributed by atoms with van der Waals surface area (Å²) in [5.74, 6) is 0.00700. The van der Waals surface area contributed by atoms with E-state index in [1.165, 1.54) is 0 Å². The SMILES string of the molecule is Cn1ccc(C(=O)N2CCN(c3ccc(N)cc3)CC2)n1. The molecule has 1 saturated heterocycles. The quantitative estimate of drug-likeness (QED) is 0.835. The number of aromatic nitrogens is 2. The van der Waals surface area contributed by atoms with Crippen molar-refractivity contribution in [3.63, 3.8) is 0 Å². The molecule has 1 fully saturated rings. The summed E-state index contributed by atoms with van der Waals surface area (Å²) in [6.45, 7) is 3.06. The Kier molecular flexibility index (Phi) is 3.51. The molecule has 2 heterocycles. The fraction of sp³-hybridized carbons (Fsp3) is 0.333. The molecule has 1 aliphatic heterocycles. The minimum atomic E-state index is 0.00700. The number of carbonyl (C=O) groups excluding carboxylic acids is 1. The Balaban J connectivity index is 1.62. The molecule has 1 aromatic carbocycles. The van der Waals surface area contributed by atoms with Crippen LogP contribution in [0.2, 0.25) is 0 Å². The van der Waals surface area contributed by atoms with Crippen molar-refractivity contribution in [1.82, 2.24) is 14.7 Å². The molecule has 21 heavy (non-hydrogen) atoms. The third-order valence-electron chi connectivity index (χ3n) is 3.76. The summed E-state index contributed by atoms with van der Waals surface area (Å²) in [5.41, 5.74) is 8.13. The van der Waals surface area contributed by atoms with Crippen molar-refractivity contribution in [1.29, 1.82) is 0 Å². The van der Waals surface area contributed by atoms with E-state index in [9.17, 15) is 4.79 Å². The maximum atomic E-state index is 12.3. The van der Waals surface area contributed by atoms with Gasteiger partial charge in [-0.1, -0.05) is 0 Å². The topological polar surface area (TPSA) is 67.4 Å². The molecular weight excluding hydrogens is 266 g/mol. The fourth-order valence-corrected chi connectivity index (χ4v) is 2.54. The van der Waals surface area contributed by atoms with Crippen LogP contribution in [0.5, 0.6) is 0 Å². The lowest BCUT2D eigenvalue weighted by molar-refractivity contribution is 0.0740. The van der Waals surface area contributed by atoms with Crippen molar-refractivity contribution in [2.45, 2.75) is 0 Å². The number of aryl methyl sites for hydroxylation is 1. The van der Waals surface area contributed by atoms with Crippen LogP contribution in [0.25, 0.3) is 0 Å². The number of anilines is 2. The van der Waals surface area contributed by atoms with Gasteiger partial charge in [0.25, 0.3) is 5.91 Å². The molecule has 1 aliphatic rings. The van der Waals surface area contributed by atoms with Crippen molar-refractivity contribution in [2.24, 2.45) is 7.05 Å². The van der Waals surface area contributed by atoms with E-state index in [0.717, 1.165) is 24.5 Å². The first-order valence-corrected chi connectivity index (χ1v) is 7.03. The first-order valence-electron chi connectivity index (χ1n) is 7.03. The zero-order chi connectivity index (χ0) is 14.8. The number of piperazine rings is 1. The van der Waals surface area contributed by atoms with E-state index < -0.39 is 0 Å². The van der Waals surface area contributed by atoms with Gasteiger partial charge in [-0.25, -0.2) is 0 Å². The predicted molar refractivity (Wildman–Crippen MR) is 82.2 cm³/mol. The molecule has 0 unspecified atom stereocenters. The van der Waals surface area contributed by atoms with Crippen LogP contribution in [-0.2, 0) is 7.05 Å². The van der Waals surface area contributed by atoms with Crippen molar-refractivity contribution < 1.29 is 4.79 Å². The second-order valence-electron chi connectivity index (χ2n) is 5.25. The van der Waals surface area contributed by atoms with Crippen LogP contribution in [0.1, 0.15) is 10.5 Å². The number of hydrogen-bond donors (Lipinski definition) is 1. The summed E-state index contributed by atoms with van der Waals surface area (Å²) in [5, 5.41) is 4.17. The number of rotatable bonds is 2. The van der Waals surface area contributed by atoms with Crippen molar-refractivity contribution in [3.8, 4) is 0 Å². The van der Waals surface area contributed by atoms with Crippen LogP contribution in [0, 0.1) is 0 Å². The first-order chi connectivity index (χ1) is 10.1. The molecule has 0 saturated carbocycles. The maximum absolute atomic E-state index is 12.3. The normalized spacial score (nSPS) is 15.3. The molecule has 110 valence electrons. The number of carbonyl (C=O) groups is 1. The van der Waals surface area contributed by atoms with Gasteiger partial charge in [-0.05, 0) is 30.3 Å². The van der Waals surface area contributed by atoms with Crippen LogP contribution in [0.4, 0.5) is 11.4 Å². The predicted octanol–water partition coefficient (Wildman–Crippen LogP) is 0.965. The number of nitrogen functional groups attached to an aromatic ring is 1. The van der Waals surface area contributed by atoms with Crippen LogP contribution < -0.4 is 10.6 Å². The van der Waals surface area contributed by atoms with Gasteiger partial charge in [0.05, 0.1) is 0 Å². The Labute approximate surface area is 123 Å². The Morgan fingerprint density at radius 3 is 2.33 bits per heavy atom. The minimum Gasteiger partial charge on any atom is -0.399 e.